The van der Waals surface area contributed by atoms with E-state index in [4.69, 9.17) is 4.74 Å². The molecule has 0 saturated carbocycles. The molecule has 7 nitrogen and oxygen atoms in total. The van der Waals surface area contributed by atoms with Crippen LogP contribution in [-0.4, -0.2) is 27.0 Å². The van der Waals surface area contributed by atoms with Gasteiger partial charge in [-0.2, -0.15) is 4.98 Å². The number of hydrogen-bond donors (Lipinski definition) is 0. The fourth-order valence-corrected chi connectivity index (χ4v) is 2.05. The molecule has 2 aromatic heterocycles. The van der Waals surface area contributed by atoms with Gasteiger partial charge in [0.25, 0.3) is 5.88 Å². The molecule has 92 valence electrons. The lowest BCUT2D eigenvalue weighted by atomic mass is 10.5. The predicted octanol–water partition coefficient (Wildman–Crippen LogP) is 1.94. The summed E-state index contributed by atoms with van der Waals surface area (Å²) in [4.78, 5) is 22.1. The van der Waals surface area contributed by atoms with Gasteiger partial charge in [0.15, 0.2) is 5.03 Å². The summed E-state index contributed by atoms with van der Waals surface area (Å²) in [7, 11) is 1.32. The number of methoxy groups -OCH3 is 1. The van der Waals surface area contributed by atoms with Crippen molar-refractivity contribution in [3.63, 3.8) is 0 Å². The Hall–Kier alpha value is -2.22. The van der Waals surface area contributed by atoms with Crippen molar-refractivity contribution in [3.05, 3.63) is 40.8 Å². The van der Waals surface area contributed by atoms with E-state index < -0.39 is 4.92 Å². The SMILES string of the molecule is COc1ncnc(Sc2ccccn2)c1[N+](=O)[O-]. The number of rotatable bonds is 4. The molecule has 0 N–H and O–H groups in total. The highest BCUT2D eigenvalue weighted by atomic mass is 32.2. The first-order valence-electron chi connectivity index (χ1n) is 4.84. The third-order valence-electron chi connectivity index (χ3n) is 1.97. The third-order valence-corrected chi connectivity index (χ3v) is 2.91. The van der Waals surface area contributed by atoms with Crippen LogP contribution in [0.5, 0.6) is 5.88 Å². The number of nitrogens with zero attached hydrogens (tertiary/aromatic N) is 4. The van der Waals surface area contributed by atoms with E-state index in [0.717, 1.165) is 11.8 Å². The van der Waals surface area contributed by atoms with Gasteiger partial charge in [-0.05, 0) is 23.9 Å². The van der Waals surface area contributed by atoms with Crippen LogP contribution in [-0.2, 0) is 0 Å². The van der Waals surface area contributed by atoms with E-state index in [1.807, 2.05) is 0 Å². The van der Waals surface area contributed by atoms with Crippen molar-refractivity contribution in [1.29, 1.82) is 0 Å². The second-order valence-corrected chi connectivity index (χ2v) is 4.07. The Bertz CT molecular complexity index is 564. The Morgan fingerprint density at radius 3 is 2.78 bits per heavy atom. The molecule has 0 aliphatic rings. The van der Waals surface area contributed by atoms with Gasteiger partial charge in [-0.15, -0.1) is 0 Å². The van der Waals surface area contributed by atoms with Gasteiger partial charge < -0.3 is 4.74 Å². The summed E-state index contributed by atoms with van der Waals surface area (Å²) in [6, 6.07) is 5.29. The number of aromatic nitrogens is 3. The maximum Gasteiger partial charge on any atom is 0.363 e. The Morgan fingerprint density at radius 1 is 1.33 bits per heavy atom. The van der Waals surface area contributed by atoms with Gasteiger partial charge in [0, 0.05) is 6.20 Å². The molecule has 0 unspecified atom stereocenters. The Morgan fingerprint density at radius 2 is 2.17 bits per heavy atom. The standard InChI is InChI=1S/C10H8N4O3S/c1-17-9-8(14(15)16)10(13-6-12-9)18-7-4-2-3-5-11-7/h2-6H,1H3. The fraction of sp³-hybridized carbons (Fsp3) is 0.100. The molecule has 0 spiro atoms. The van der Waals surface area contributed by atoms with Crippen molar-refractivity contribution in [2.45, 2.75) is 10.1 Å². The molecular weight excluding hydrogens is 256 g/mol. The second-order valence-electron chi connectivity index (χ2n) is 3.06. The Labute approximate surface area is 106 Å². The van der Waals surface area contributed by atoms with Crippen LogP contribution >= 0.6 is 11.8 Å². The zero-order valence-electron chi connectivity index (χ0n) is 9.31. The van der Waals surface area contributed by atoms with E-state index in [1.54, 1.807) is 24.4 Å². The highest BCUT2D eigenvalue weighted by Crippen LogP contribution is 2.36. The van der Waals surface area contributed by atoms with E-state index in [0.29, 0.717) is 5.03 Å². The lowest BCUT2D eigenvalue weighted by molar-refractivity contribution is -0.389. The quantitative estimate of drug-likeness (QED) is 0.473. The molecule has 0 fully saturated rings. The van der Waals surface area contributed by atoms with Crippen molar-refractivity contribution in [2.75, 3.05) is 7.11 Å². The zero-order valence-corrected chi connectivity index (χ0v) is 10.1. The lowest BCUT2D eigenvalue weighted by Gasteiger charge is -2.03. The maximum absolute atomic E-state index is 11.0. The first-order valence-corrected chi connectivity index (χ1v) is 5.66. The molecule has 8 heteroatoms. The highest BCUT2D eigenvalue weighted by molar-refractivity contribution is 7.99. The highest BCUT2D eigenvalue weighted by Gasteiger charge is 2.24. The lowest BCUT2D eigenvalue weighted by Crippen LogP contribution is -2.00. The first-order chi connectivity index (χ1) is 8.72. The molecule has 0 aliphatic heterocycles. The predicted molar refractivity (Wildman–Crippen MR) is 63.6 cm³/mol. The van der Waals surface area contributed by atoms with Gasteiger partial charge in [-0.25, -0.2) is 9.97 Å². The Balaban J connectivity index is 2.42. The summed E-state index contributed by atoms with van der Waals surface area (Å²) in [5.74, 6) is -0.0616. The molecule has 2 heterocycles. The van der Waals surface area contributed by atoms with Crippen LogP contribution < -0.4 is 4.74 Å². The summed E-state index contributed by atoms with van der Waals surface area (Å²) in [6.45, 7) is 0. The van der Waals surface area contributed by atoms with E-state index in [-0.39, 0.29) is 16.6 Å². The molecule has 0 aliphatic carbocycles. The molecule has 2 rings (SSSR count). The molecule has 0 saturated heterocycles. The second kappa shape index (κ2) is 5.41. The first kappa shape index (κ1) is 12.2. The van der Waals surface area contributed by atoms with Crippen LogP contribution in [0.1, 0.15) is 0 Å². The number of nitro groups is 1. The smallest absolute Gasteiger partial charge is 0.363 e. The van der Waals surface area contributed by atoms with Crippen molar-refractivity contribution in [1.82, 2.24) is 15.0 Å². The van der Waals surface area contributed by atoms with Crippen LogP contribution in [0, 0.1) is 10.1 Å². The monoisotopic (exact) mass is 264 g/mol. The van der Waals surface area contributed by atoms with E-state index in [9.17, 15) is 10.1 Å². The van der Waals surface area contributed by atoms with Crippen molar-refractivity contribution >= 4 is 17.4 Å². The average molecular weight is 264 g/mol. The topological polar surface area (TPSA) is 91.0 Å². The summed E-state index contributed by atoms with van der Waals surface area (Å²) in [5, 5.41) is 11.8. The Kier molecular flexibility index (Phi) is 3.68. The van der Waals surface area contributed by atoms with Crippen molar-refractivity contribution in [2.24, 2.45) is 0 Å². The van der Waals surface area contributed by atoms with Crippen LogP contribution in [0.15, 0.2) is 40.8 Å². The van der Waals surface area contributed by atoms with E-state index in [2.05, 4.69) is 15.0 Å². The van der Waals surface area contributed by atoms with Gasteiger partial charge in [-0.1, -0.05) is 6.07 Å². The van der Waals surface area contributed by atoms with E-state index >= 15 is 0 Å². The average Bonchev–Trinajstić information content (AvgIpc) is 2.39. The number of hydrogen-bond acceptors (Lipinski definition) is 7. The minimum atomic E-state index is -0.565. The molecule has 18 heavy (non-hydrogen) atoms. The van der Waals surface area contributed by atoms with E-state index in [1.165, 1.54) is 13.4 Å². The van der Waals surface area contributed by atoms with Crippen LogP contribution in [0.3, 0.4) is 0 Å². The summed E-state index contributed by atoms with van der Waals surface area (Å²) in [5.41, 5.74) is -0.254. The minimum absolute atomic E-state index is 0.0616. The summed E-state index contributed by atoms with van der Waals surface area (Å²) < 4.78 is 4.86. The van der Waals surface area contributed by atoms with Crippen LogP contribution in [0.2, 0.25) is 0 Å². The van der Waals surface area contributed by atoms with Gasteiger partial charge in [0.05, 0.1) is 12.0 Å². The molecule has 2 aromatic rings. The van der Waals surface area contributed by atoms with Gasteiger partial charge >= 0.3 is 5.69 Å². The zero-order chi connectivity index (χ0) is 13.0. The van der Waals surface area contributed by atoms with Crippen LogP contribution in [0.25, 0.3) is 0 Å². The normalized spacial score (nSPS) is 10.1. The van der Waals surface area contributed by atoms with Crippen molar-refractivity contribution in [3.8, 4) is 5.88 Å². The number of ether oxygens (including phenoxy) is 1. The van der Waals surface area contributed by atoms with Gasteiger partial charge in [0.1, 0.15) is 11.4 Å². The molecule has 0 amide bonds. The van der Waals surface area contributed by atoms with Gasteiger partial charge in [-0.3, -0.25) is 10.1 Å². The minimum Gasteiger partial charge on any atom is -0.476 e. The third kappa shape index (κ3) is 2.54. The van der Waals surface area contributed by atoms with Crippen molar-refractivity contribution < 1.29 is 9.66 Å². The molecule has 0 aromatic carbocycles. The van der Waals surface area contributed by atoms with Gasteiger partial charge in [0.2, 0.25) is 0 Å². The van der Waals surface area contributed by atoms with Crippen LogP contribution in [0.4, 0.5) is 5.69 Å². The molecule has 0 bridgehead atoms. The molecular formula is C10H8N4O3S. The summed E-state index contributed by atoms with van der Waals surface area (Å²) >= 11 is 1.09. The molecule has 0 radical (unpaired) electrons. The fourth-order valence-electron chi connectivity index (χ4n) is 1.23. The maximum atomic E-state index is 11.0. The summed E-state index contributed by atoms with van der Waals surface area (Å²) in [6.07, 6.45) is 2.82. The molecule has 0 atom stereocenters. The largest absolute Gasteiger partial charge is 0.476 e. The number of pyridine rings is 1.